The maximum absolute atomic E-state index is 12.3. The first-order valence-electron chi connectivity index (χ1n) is 8.95. The van der Waals surface area contributed by atoms with Crippen LogP contribution in [0.15, 0.2) is 40.9 Å². The smallest absolute Gasteiger partial charge is 0.230 e. The summed E-state index contributed by atoms with van der Waals surface area (Å²) in [7, 11) is 0. The second-order valence-corrected chi connectivity index (χ2v) is 6.51. The molecule has 1 heterocycles. The average Bonchev–Trinajstić information content (AvgIpc) is 2.99. The molecule has 0 saturated heterocycles. The van der Waals surface area contributed by atoms with Crippen molar-refractivity contribution in [2.24, 2.45) is 0 Å². The Morgan fingerprint density at radius 3 is 2.62 bits per heavy atom. The zero-order valence-electron chi connectivity index (χ0n) is 15.5. The zero-order valence-corrected chi connectivity index (χ0v) is 15.5. The highest BCUT2D eigenvalue weighted by atomic mass is 16.5. The zero-order chi connectivity index (χ0) is 18.5. The number of ether oxygens (including phenoxy) is 1. The number of hydrogen-bond donors (Lipinski definition) is 1. The molecule has 1 N–H and O–H groups in total. The molecule has 0 radical (unpaired) electrons. The third-order valence-electron chi connectivity index (χ3n) is 4.39. The number of aryl methyl sites for hydroxylation is 2. The van der Waals surface area contributed by atoms with Gasteiger partial charge in [-0.2, -0.15) is 0 Å². The minimum absolute atomic E-state index is 0.127. The van der Waals surface area contributed by atoms with E-state index in [2.05, 4.69) is 17.4 Å². The second kappa shape index (κ2) is 8.04. The second-order valence-electron chi connectivity index (χ2n) is 6.51. The van der Waals surface area contributed by atoms with Gasteiger partial charge in [0.15, 0.2) is 5.58 Å². The minimum Gasteiger partial charge on any atom is -0.494 e. The quantitative estimate of drug-likeness (QED) is 0.620. The van der Waals surface area contributed by atoms with Gasteiger partial charge in [-0.3, -0.25) is 4.79 Å². The van der Waals surface area contributed by atoms with E-state index in [1.165, 1.54) is 0 Å². The average molecular weight is 352 g/mol. The summed E-state index contributed by atoms with van der Waals surface area (Å²) in [5.74, 6) is 0.683. The Balaban J connectivity index is 1.63. The van der Waals surface area contributed by atoms with Crippen LogP contribution in [0.3, 0.4) is 0 Å². The van der Waals surface area contributed by atoms with Gasteiger partial charge in [0.2, 0.25) is 5.91 Å². The molecule has 5 heteroatoms. The van der Waals surface area contributed by atoms with E-state index in [9.17, 15) is 4.79 Å². The van der Waals surface area contributed by atoms with Gasteiger partial charge in [0.1, 0.15) is 11.4 Å². The van der Waals surface area contributed by atoms with E-state index < -0.39 is 0 Å². The van der Waals surface area contributed by atoms with E-state index in [0.717, 1.165) is 40.8 Å². The summed E-state index contributed by atoms with van der Waals surface area (Å²) in [6.45, 7) is 6.90. The number of aromatic nitrogens is 1. The van der Waals surface area contributed by atoms with Crippen LogP contribution >= 0.6 is 0 Å². The lowest BCUT2D eigenvalue weighted by Crippen LogP contribution is -2.14. The van der Waals surface area contributed by atoms with Gasteiger partial charge < -0.3 is 14.6 Å². The first-order valence-corrected chi connectivity index (χ1v) is 8.95. The van der Waals surface area contributed by atoms with Gasteiger partial charge in [0.25, 0.3) is 0 Å². The van der Waals surface area contributed by atoms with Gasteiger partial charge in [0.05, 0.1) is 13.0 Å². The highest BCUT2D eigenvalue weighted by molar-refractivity contribution is 5.94. The molecule has 0 bridgehead atoms. The molecule has 0 aliphatic rings. The molecular formula is C21H24N2O3. The molecule has 1 aromatic heterocycles. The molecular weight excluding hydrogens is 328 g/mol. The van der Waals surface area contributed by atoms with Gasteiger partial charge in [-0.15, -0.1) is 0 Å². The van der Waals surface area contributed by atoms with E-state index in [1.54, 1.807) is 0 Å². The Hall–Kier alpha value is -2.82. The number of hydrogen-bond acceptors (Lipinski definition) is 4. The van der Waals surface area contributed by atoms with Crippen molar-refractivity contribution in [3.63, 3.8) is 0 Å². The Kier molecular flexibility index (Phi) is 5.56. The monoisotopic (exact) mass is 352 g/mol. The lowest BCUT2D eigenvalue weighted by atomic mass is 10.1. The molecule has 0 aliphatic carbocycles. The number of amides is 1. The molecule has 136 valence electrons. The maximum Gasteiger partial charge on any atom is 0.230 e. The van der Waals surface area contributed by atoms with Crippen LogP contribution in [0.4, 0.5) is 5.69 Å². The Morgan fingerprint density at radius 1 is 1.15 bits per heavy atom. The minimum atomic E-state index is -0.127. The largest absolute Gasteiger partial charge is 0.494 e. The van der Waals surface area contributed by atoms with Gasteiger partial charge in [-0.25, -0.2) is 0 Å². The van der Waals surface area contributed by atoms with Crippen molar-refractivity contribution in [3.05, 3.63) is 53.2 Å². The van der Waals surface area contributed by atoms with Crippen LogP contribution < -0.4 is 10.1 Å². The molecule has 0 saturated carbocycles. The summed E-state index contributed by atoms with van der Waals surface area (Å²) in [6.07, 6.45) is 2.30. The van der Waals surface area contributed by atoms with Crippen molar-refractivity contribution in [1.82, 2.24) is 5.16 Å². The molecule has 1 amide bonds. The number of fused-ring (bicyclic) bond motifs is 1. The lowest BCUT2D eigenvalue weighted by molar-refractivity contribution is -0.115. The first kappa shape index (κ1) is 18.0. The van der Waals surface area contributed by atoms with Gasteiger partial charge in [0, 0.05) is 11.1 Å². The molecule has 2 aromatic carbocycles. The van der Waals surface area contributed by atoms with Crippen LogP contribution in [0.2, 0.25) is 0 Å². The standard InChI is InChI=1S/C21H24N2O3/c1-4-5-10-25-17-8-6-16(7-9-17)22-21(24)13-19-18-11-14(2)15(3)12-20(18)26-23-19/h6-9,11-12H,4-5,10,13H2,1-3H3,(H,22,24). The molecule has 26 heavy (non-hydrogen) atoms. The molecule has 3 rings (SSSR count). The maximum atomic E-state index is 12.3. The van der Waals surface area contributed by atoms with Crippen LogP contribution in [0.5, 0.6) is 5.75 Å². The number of benzene rings is 2. The number of nitrogens with zero attached hydrogens (tertiary/aromatic N) is 1. The van der Waals surface area contributed by atoms with E-state index in [1.807, 2.05) is 50.2 Å². The molecule has 5 nitrogen and oxygen atoms in total. The highest BCUT2D eigenvalue weighted by Crippen LogP contribution is 2.23. The third-order valence-corrected chi connectivity index (χ3v) is 4.39. The van der Waals surface area contributed by atoms with Gasteiger partial charge in [-0.05, 0) is 67.8 Å². The Labute approximate surface area is 153 Å². The number of carbonyl (C=O) groups excluding carboxylic acids is 1. The predicted molar refractivity (Wildman–Crippen MR) is 103 cm³/mol. The number of rotatable bonds is 7. The van der Waals surface area contributed by atoms with Crippen molar-refractivity contribution in [2.45, 2.75) is 40.0 Å². The van der Waals surface area contributed by atoms with Crippen molar-refractivity contribution < 1.29 is 14.1 Å². The highest BCUT2D eigenvalue weighted by Gasteiger charge is 2.14. The van der Waals surface area contributed by atoms with Crippen molar-refractivity contribution in [1.29, 1.82) is 0 Å². The fourth-order valence-electron chi connectivity index (χ4n) is 2.70. The van der Waals surface area contributed by atoms with Gasteiger partial charge >= 0.3 is 0 Å². The van der Waals surface area contributed by atoms with E-state index in [0.29, 0.717) is 17.9 Å². The number of carbonyl (C=O) groups is 1. The fourth-order valence-corrected chi connectivity index (χ4v) is 2.70. The van der Waals surface area contributed by atoms with Crippen molar-refractivity contribution in [3.8, 4) is 5.75 Å². The molecule has 0 atom stereocenters. The number of unbranched alkanes of at least 4 members (excludes halogenated alkanes) is 1. The number of nitrogens with one attached hydrogen (secondary N) is 1. The fraction of sp³-hybridized carbons (Fsp3) is 0.333. The molecule has 0 aliphatic heterocycles. The van der Waals surface area contributed by atoms with Crippen LogP contribution in [0.25, 0.3) is 11.0 Å². The normalized spacial score (nSPS) is 10.9. The summed E-state index contributed by atoms with van der Waals surface area (Å²) in [5.41, 5.74) is 4.40. The Bertz CT molecular complexity index is 898. The first-order chi connectivity index (χ1) is 12.6. The number of anilines is 1. The van der Waals surface area contributed by atoms with Crippen molar-refractivity contribution in [2.75, 3.05) is 11.9 Å². The van der Waals surface area contributed by atoms with Crippen LogP contribution in [0.1, 0.15) is 36.6 Å². The third kappa shape index (κ3) is 4.23. The van der Waals surface area contributed by atoms with E-state index in [4.69, 9.17) is 9.26 Å². The van der Waals surface area contributed by atoms with E-state index >= 15 is 0 Å². The SMILES string of the molecule is CCCCOc1ccc(NC(=O)Cc2noc3cc(C)c(C)cc23)cc1. The van der Waals surface area contributed by atoms with Crippen LogP contribution in [-0.2, 0) is 11.2 Å². The topological polar surface area (TPSA) is 64.4 Å². The van der Waals surface area contributed by atoms with Crippen molar-refractivity contribution >= 4 is 22.6 Å². The van der Waals surface area contributed by atoms with Crippen LogP contribution in [-0.4, -0.2) is 17.7 Å². The molecule has 0 spiro atoms. The summed E-state index contributed by atoms with van der Waals surface area (Å²) in [5, 5.41) is 7.84. The summed E-state index contributed by atoms with van der Waals surface area (Å²) < 4.78 is 11.0. The summed E-state index contributed by atoms with van der Waals surface area (Å²) in [4.78, 5) is 12.3. The molecule has 3 aromatic rings. The van der Waals surface area contributed by atoms with E-state index in [-0.39, 0.29) is 12.3 Å². The van der Waals surface area contributed by atoms with Gasteiger partial charge in [-0.1, -0.05) is 18.5 Å². The van der Waals surface area contributed by atoms with Crippen LogP contribution in [0, 0.1) is 13.8 Å². The molecule has 0 unspecified atom stereocenters. The summed E-state index contributed by atoms with van der Waals surface area (Å²) >= 11 is 0. The lowest BCUT2D eigenvalue weighted by Gasteiger charge is -2.07. The predicted octanol–water partition coefficient (Wildman–Crippen LogP) is 4.80. The summed E-state index contributed by atoms with van der Waals surface area (Å²) in [6, 6.07) is 11.4. The Morgan fingerprint density at radius 2 is 1.88 bits per heavy atom. The molecule has 0 fully saturated rings.